The zero-order valence-electron chi connectivity index (χ0n) is 13.4. The second-order valence-electron chi connectivity index (χ2n) is 6.55. The highest BCUT2D eigenvalue weighted by molar-refractivity contribution is 5.50. The van der Waals surface area contributed by atoms with Crippen LogP contribution in [0.15, 0.2) is 24.7 Å². The van der Waals surface area contributed by atoms with Crippen LogP contribution in [0.3, 0.4) is 0 Å². The normalized spacial score (nSPS) is 23.4. The summed E-state index contributed by atoms with van der Waals surface area (Å²) in [4.78, 5) is 17.4. The van der Waals surface area contributed by atoms with Gasteiger partial charge < -0.3 is 9.80 Å². The van der Waals surface area contributed by atoms with E-state index in [1.807, 2.05) is 6.92 Å². The Bertz CT molecular complexity index is 721. The number of aryl methyl sites for hydroxylation is 1. The standard InChI is InChI=1S/C17H20FN5/c1-11-12(2)20-10-21-16(11)22-6-13-8-23(9-14(13)7-22)17-15(18)4-3-5-19-17/h3-5,10,13-14H,6-9H2,1-2H3. The van der Waals surface area contributed by atoms with Gasteiger partial charge in [0, 0.05) is 55.5 Å². The van der Waals surface area contributed by atoms with Gasteiger partial charge in [0.05, 0.1) is 0 Å². The summed E-state index contributed by atoms with van der Waals surface area (Å²) in [5.41, 5.74) is 2.18. The summed E-state index contributed by atoms with van der Waals surface area (Å²) >= 11 is 0. The molecule has 5 nitrogen and oxygen atoms in total. The predicted molar refractivity (Wildman–Crippen MR) is 87.1 cm³/mol. The molecule has 6 heteroatoms. The lowest BCUT2D eigenvalue weighted by atomic mass is 10.0. The average molecular weight is 313 g/mol. The topological polar surface area (TPSA) is 45.2 Å². The summed E-state index contributed by atoms with van der Waals surface area (Å²) in [7, 11) is 0. The van der Waals surface area contributed by atoms with Gasteiger partial charge in [0.15, 0.2) is 11.6 Å². The van der Waals surface area contributed by atoms with Gasteiger partial charge >= 0.3 is 0 Å². The third-order valence-electron chi connectivity index (χ3n) is 5.13. The molecule has 0 spiro atoms. The third-order valence-corrected chi connectivity index (χ3v) is 5.13. The molecule has 0 aliphatic carbocycles. The van der Waals surface area contributed by atoms with Crippen LogP contribution in [-0.2, 0) is 0 Å². The van der Waals surface area contributed by atoms with Gasteiger partial charge in [-0.1, -0.05) is 0 Å². The Morgan fingerprint density at radius 2 is 1.61 bits per heavy atom. The molecule has 0 N–H and O–H groups in total. The van der Waals surface area contributed by atoms with Crippen LogP contribution < -0.4 is 9.80 Å². The maximum Gasteiger partial charge on any atom is 0.165 e. The minimum Gasteiger partial charge on any atom is -0.356 e. The first-order valence-electron chi connectivity index (χ1n) is 8.02. The van der Waals surface area contributed by atoms with Crippen LogP contribution in [0.2, 0.25) is 0 Å². The van der Waals surface area contributed by atoms with E-state index >= 15 is 0 Å². The molecule has 4 rings (SSSR count). The molecule has 4 heterocycles. The van der Waals surface area contributed by atoms with Crippen LogP contribution in [-0.4, -0.2) is 41.1 Å². The molecule has 0 saturated carbocycles. The SMILES string of the molecule is Cc1ncnc(N2CC3CN(c4ncccc4F)CC3C2)c1C. The van der Waals surface area contributed by atoms with Crippen molar-refractivity contribution >= 4 is 11.6 Å². The molecule has 0 radical (unpaired) electrons. The molecule has 0 bridgehead atoms. The molecular formula is C17H20FN5. The number of hydrogen-bond acceptors (Lipinski definition) is 5. The van der Waals surface area contributed by atoms with Crippen molar-refractivity contribution in [2.45, 2.75) is 13.8 Å². The lowest BCUT2D eigenvalue weighted by molar-refractivity contribution is 0.533. The van der Waals surface area contributed by atoms with Crippen molar-refractivity contribution in [3.05, 3.63) is 41.7 Å². The van der Waals surface area contributed by atoms with Gasteiger partial charge in [-0.25, -0.2) is 19.3 Å². The lowest BCUT2D eigenvalue weighted by Crippen LogP contribution is -2.30. The zero-order valence-corrected chi connectivity index (χ0v) is 13.4. The van der Waals surface area contributed by atoms with E-state index in [9.17, 15) is 4.39 Å². The van der Waals surface area contributed by atoms with Crippen LogP contribution in [0.5, 0.6) is 0 Å². The maximum absolute atomic E-state index is 13.9. The van der Waals surface area contributed by atoms with Gasteiger partial charge in [-0.2, -0.15) is 0 Å². The van der Waals surface area contributed by atoms with Crippen molar-refractivity contribution in [2.24, 2.45) is 11.8 Å². The van der Waals surface area contributed by atoms with E-state index < -0.39 is 0 Å². The quantitative estimate of drug-likeness (QED) is 0.850. The van der Waals surface area contributed by atoms with Gasteiger partial charge in [-0.15, -0.1) is 0 Å². The number of pyridine rings is 1. The van der Waals surface area contributed by atoms with E-state index in [0.29, 0.717) is 17.7 Å². The van der Waals surface area contributed by atoms with Gasteiger partial charge in [0.1, 0.15) is 12.1 Å². The lowest BCUT2D eigenvalue weighted by Gasteiger charge is -2.24. The fraction of sp³-hybridized carbons (Fsp3) is 0.471. The van der Waals surface area contributed by atoms with Crippen LogP contribution in [0.25, 0.3) is 0 Å². The number of fused-ring (bicyclic) bond motifs is 1. The first-order chi connectivity index (χ1) is 11.1. The Hall–Kier alpha value is -2.24. The maximum atomic E-state index is 13.9. The number of aromatic nitrogens is 3. The molecular weight excluding hydrogens is 293 g/mol. The number of hydrogen-bond donors (Lipinski definition) is 0. The number of rotatable bonds is 2. The molecule has 2 aromatic rings. The zero-order chi connectivity index (χ0) is 16.0. The van der Waals surface area contributed by atoms with Gasteiger partial charge in [-0.3, -0.25) is 0 Å². The van der Waals surface area contributed by atoms with Crippen LogP contribution in [0.4, 0.5) is 16.0 Å². The average Bonchev–Trinajstić information content (AvgIpc) is 3.09. The summed E-state index contributed by atoms with van der Waals surface area (Å²) in [6.45, 7) is 7.74. The fourth-order valence-electron chi connectivity index (χ4n) is 3.79. The summed E-state index contributed by atoms with van der Waals surface area (Å²) < 4.78 is 13.9. The van der Waals surface area contributed by atoms with E-state index in [1.165, 1.54) is 6.07 Å². The molecule has 2 aliphatic rings. The monoisotopic (exact) mass is 313 g/mol. The third kappa shape index (κ3) is 2.42. The van der Waals surface area contributed by atoms with Crippen molar-refractivity contribution in [3.63, 3.8) is 0 Å². The van der Waals surface area contributed by atoms with Crippen molar-refractivity contribution in [1.82, 2.24) is 15.0 Å². The Balaban J connectivity index is 1.50. The van der Waals surface area contributed by atoms with Crippen LogP contribution in [0.1, 0.15) is 11.3 Å². The van der Waals surface area contributed by atoms with E-state index in [4.69, 9.17) is 0 Å². The van der Waals surface area contributed by atoms with Gasteiger partial charge in [0.2, 0.25) is 0 Å². The second-order valence-corrected chi connectivity index (χ2v) is 6.55. The highest BCUT2D eigenvalue weighted by Crippen LogP contribution is 2.36. The molecule has 2 unspecified atom stereocenters. The summed E-state index contributed by atoms with van der Waals surface area (Å²) in [6.07, 6.45) is 3.30. The summed E-state index contributed by atoms with van der Waals surface area (Å²) in [5, 5.41) is 0. The van der Waals surface area contributed by atoms with E-state index in [1.54, 1.807) is 18.6 Å². The minimum atomic E-state index is -0.230. The highest BCUT2D eigenvalue weighted by Gasteiger charge is 2.41. The Kier molecular flexibility index (Phi) is 3.39. The van der Waals surface area contributed by atoms with Gasteiger partial charge in [-0.05, 0) is 26.0 Å². The van der Waals surface area contributed by atoms with Crippen LogP contribution >= 0.6 is 0 Å². The van der Waals surface area contributed by atoms with E-state index in [-0.39, 0.29) is 5.82 Å². The molecule has 2 fully saturated rings. The van der Waals surface area contributed by atoms with Crippen molar-refractivity contribution < 1.29 is 4.39 Å². The predicted octanol–water partition coefficient (Wildman–Crippen LogP) is 2.20. The number of nitrogens with zero attached hydrogens (tertiary/aromatic N) is 5. The summed E-state index contributed by atoms with van der Waals surface area (Å²) in [5.74, 6) is 2.37. The van der Waals surface area contributed by atoms with Crippen molar-refractivity contribution in [3.8, 4) is 0 Å². The van der Waals surface area contributed by atoms with Crippen LogP contribution in [0, 0.1) is 31.5 Å². The largest absolute Gasteiger partial charge is 0.356 e. The fourth-order valence-corrected chi connectivity index (χ4v) is 3.79. The Morgan fingerprint density at radius 1 is 0.957 bits per heavy atom. The molecule has 0 aromatic carbocycles. The van der Waals surface area contributed by atoms with Crippen molar-refractivity contribution in [2.75, 3.05) is 36.0 Å². The van der Waals surface area contributed by atoms with Crippen molar-refractivity contribution in [1.29, 1.82) is 0 Å². The molecule has 23 heavy (non-hydrogen) atoms. The Labute approximate surface area is 135 Å². The molecule has 120 valence electrons. The molecule has 0 amide bonds. The molecule has 2 saturated heterocycles. The van der Waals surface area contributed by atoms with E-state index in [2.05, 4.69) is 31.7 Å². The van der Waals surface area contributed by atoms with Gasteiger partial charge in [0.25, 0.3) is 0 Å². The highest BCUT2D eigenvalue weighted by atomic mass is 19.1. The smallest absolute Gasteiger partial charge is 0.165 e. The molecule has 2 atom stereocenters. The summed E-state index contributed by atoms with van der Waals surface area (Å²) in [6, 6.07) is 3.12. The number of anilines is 2. The Morgan fingerprint density at radius 3 is 2.26 bits per heavy atom. The first kappa shape index (κ1) is 14.4. The first-order valence-corrected chi connectivity index (χ1v) is 8.02. The van der Waals surface area contributed by atoms with E-state index in [0.717, 1.165) is 43.3 Å². The number of halogens is 1. The second kappa shape index (κ2) is 5.44. The molecule has 2 aliphatic heterocycles. The minimum absolute atomic E-state index is 0.230. The molecule has 2 aromatic heterocycles.